The lowest BCUT2D eigenvalue weighted by Crippen LogP contribution is -2.59. The van der Waals surface area contributed by atoms with Crippen molar-refractivity contribution in [3.8, 4) is 6.07 Å². The van der Waals surface area contributed by atoms with Crippen LogP contribution in [0.4, 0.5) is 27.5 Å². The van der Waals surface area contributed by atoms with Gasteiger partial charge in [-0.15, -0.1) is 0 Å². The van der Waals surface area contributed by atoms with Crippen LogP contribution in [0.2, 0.25) is 5.02 Å². The first-order chi connectivity index (χ1) is 27.6. The highest BCUT2D eigenvalue weighted by Crippen LogP contribution is 2.51. The first kappa shape index (κ1) is 37.7. The van der Waals surface area contributed by atoms with Crippen LogP contribution in [-0.4, -0.2) is 110 Å². The number of piperidine rings is 2. The molecule has 13 heteroatoms. The lowest BCUT2D eigenvalue weighted by molar-refractivity contribution is -0.120. The van der Waals surface area contributed by atoms with Gasteiger partial charge in [0.25, 0.3) is 5.91 Å². The highest BCUT2D eigenvalue weighted by atomic mass is 35.5. The van der Waals surface area contributed by atoms with Crippen LogP contribution in [0, 0.1) is 22.2 Å². The average molecular weight is 790 g/mol. The quantitative estimate of drug-likeness (QED) is 0.314. The van der Waals surface area contributed by atoms with Crippen molar-refractivity contribution in [1.82, 2.24) is 20.1 Å². The van der Waals surface area contributed by atoms with Gasteiger partial charge in [-0.05, 0) is 117 Å². The Morgan fingerprint density at radius 3 is 2.09 bits per heavy atom. The molecule has 1 N–H and O–H groups in total. The number of nitrogens with one attached hydrogen (secondary N) is 1. The SMILES string of the molecule is C[C@@H]1CC2(CCN(c3ccc(C(=O)N4CCC5(CC4)CC(N4CCN(c6ccc(N7CCC(=O)NC7=O)cc6)CC4)C5)nc3)CC2)CN1c1ccc(C#N)c(Cl)c1. The lowest BCUT2D eigenvalue weighted by atomic mass is 9.60. The zero-order valence-corrected chi connectivity index (χ0v) is 33.6. The molecule has 2 aromatic carbocycles. The Labute approximate surface area is 340 Å². The highest BCUT2D eigenvalue weighted by molar-refractivity contribution is 6.32. The summed E-state index contributed by atoms with van der Waals surface area (Å²) in [6, 6.07) is 20.7. The summed E-state index contributed by atoms with van der Waals surface area (Å²) in [4.78, 5) is 55.6. The van der Waals surface area contributed by atoms with Crippen molar-refractivity contribution < 1.29 is 14.4 Å². The smallest absolute Gasteiger partial charge is 0.328 e. The second-order valence-electron chi connectivity index (χ2n) is 17.5. The summed E-state index contributed by atoms with van der Waals surface area (Å²) in [6.07, 6.45) is 10.1. The number of piperazine rings is 1. The van der Waals surface area contributed by atoms with Crippen molar-refractivity contribution in [3.05, 3.63) is 77.1 Å². The van der Waals surface area contributed by atoms with Crippen LogP contribution >= 0.6 is 11.6 Å². The van der Waals surface area contributed by atoms with Crippen LogP contribution in [0.15, 0.2) is 60.8 Å². The van der Waals surface area contributed by atoms with Crippen LogP contribution in [0.5, 0.6) is 0 Å². The zero-order chi connectivity index (χ0) is 39.3. The molecule has 6 heterocycles. The van der Waals surface area contributed by atoms with E-state index >= 15 is 0 Å². The van der Waals surface area contributed by atoms with E-state index in [0.29, 0.717) is 46.7 Å². The number of pyridine rings is 1. The van der Waals surface area contributed by atoms with Gasteiger partial charge >= 0.3 is 6.03 Å². The van der Waals surface area contributed by atoms with Gasteiger partial charge in [0, 0.05) is 101 Å². The number of anilines is 4. The molecule has 5 aliphatic heterocycles. The van der Waals surface area contributed by atoms with Gasteiger partial charge in [0.2, 0.25) is 5.91 Å². The molecule has 0 unspecified atom stereocenters. The number of benzene rings is 2. The van der Waals surface area contributed by atoms with E-state index in [1.165, 1.54) is 12.8 Å². The van der Waals surface area contributed by atoms with Gasteiger partial charge in [-0.2, -0.15) is 5.26 Å². The summed E-state index contributed by atoms with van der Waals surface area (Å²) in [7, 11) is 0. The van der Waals surface area contributed by atoms with Gasteiger partial charge < -0.3 is 19.6 Å². The van der Waals surface area contributed by atoms with Crippen LogP contribution in [0.1, 0.15) is 74.3 Å². The molecule has 12 nitrogen and oxygen atoms in total. The number of rotatable bonds is 6. The summed E-state index contributed by atoms with van der Waals surface area (Å²) in [5.41, 5.74) is 5.82. The topological polar surface area (TPSA) is 119 Å². The first-order valence-electron chi connectivity index (χ1n) is 20.8. The predicted octanol–water partition coefficient (Wildman–Crippen LogP) is 6.15. The fourth-order valence-corrected chi connectivity index (χ4v) is 10.9. The van der Waals surface area contributed by atoms with E-state index in [1.807, 2.05) is 47.5 Å². The molecular formula is C44H52ClN9O3. The predicted molar refractivity (Wildman–Crippen MR) is 222 cm³/mol. The van der Waals surface area contributed by atoms with Gasteiger partial charge in [-0.25, -0.2) is 9.78 Å². The normalized spacial score (nSPS) is 23.8. The number of hydrogen-bond acceptors (Lipinski definition) is 9. The standard InChI is InChI=1S/C44H52ClN9O3/c1-31-25-44(30-54(31)35-3-2-32(28-46)38(45)24-35)13-16-49(17-14-44)36-8-9-39(47-29-36)41(56)52-18-11-43(12-19-52)26-37(27-43)51-22-20-50(21-23-51)33-4-6-34(7-5-33)53-15-10-40(55)48-42(53)57/h2-9,24,29,31,37H,10-23,25-27,30H2,1H3,(H,48,55,57)/t31-/m1/s1. The molecule has 4 amide bonds. The summed E-state index contributed by atoms with van der Waals surface area (Å²) < 4.78 is 0. The Morgan fingerprint density at radius 2 is 1.44 bits per heavy atom. The van der Waals surface area contributed by atoms with Crippen molar-refractivity contribution in [2.75, 3.05) is 85.0 Å². The summed E-state index contributed by atoms with van der Waals surface area (Å²) >= 11 is 6.38. The zero-order valence-electron chi connectivity index (χ0n) is 32.8. The molecular weight excluding hydrogens is 738 g/mol. The van der Waals surface area contributed by atoms with Gasteiger partial charge in [0.05, 0.1) is 22.5 Å². The number of carbonyl (C=O) groups excluding carboxylic acids is 3. The second-order valence-corrected chi connectivity index (χ2v) is 17.9. The molecule has 2 spiro atoms. The second kappa shape index (κ2) is 15.1. The number of likely N-dealkylation sites (tertiary alicyclic amines) is 1. The molecule has 57 heavy (non-hydrogen) atoms. The molecule has 1 atom stereocenters. The molecule has 0 radical (unpaired) electrons. The minimum absolute atomic E-state index is 0.0475. The molecule has 6 aliphatic rings. The van der Waals surface area contributed by atoms with E-state index in [0.717, 1.165) is 114 Å². The van der Waals surface area contributed by atoms with Gasteiger partial charge in [-0.3, -0.25) is 24.7 Å². The summed E-state index contributed by atoms with van der Waals surface area (Å²) in [6.45, 7) is 11.3. The number of aromatic nitrogens is 1. The number of imide groups is 1. The number of nitriles is 1. The van der Waals surface area contributed by atoms with E-state index in [9.17, 15) is 19.6 Å². The summed E-state index contributed by atoms with van der Waals surface area (Å²) in [5, 5.41) is 12.2. The molecule has 298 valence electrons. The maximum Gasteiger partial charge on any atom is 0.328 e. The van der Waals surface area contributed by atoms with Gasteiger partial charge in [-0.1, -0.05) is 11.6 Å². The Hall–Kier alpha value is -4.86. The van der Waals surface area contributed by atoms with Crippen molar-refractivity contribution in [3.63, 3.8) is 0 Å². The van der Waals surface area contributed by atoms with E-state index in [1.54, 1.807) is 4.90 Å². The number of halogens is 1. The Kier molecular flexibility index (Phi) is 10.0. The third-order valence-electron chi connectivity index (χ3n) is 14.2. The van der Waals surface area contributed by atoms with Crippen LogP contribution in [-0.2, 0) is 4.79 Å². The fourth-order valence-electron chi connectivity index (χ4n) is 10.7. The Balaban J connectivity index is 0.708. The Bertz CT molecular complexity index is 2040. The van der Waals surface area contributed by atoms with Gasteiger partial charge in [0.1, 0.15) is 11.8 Å². The third kappa shape index (κ3) is 7.40. The maximum absolute atomic E-state index is 13.6. The van der Waals surface area contributed by atoms with E-state index < -0.39 is 0 Å². The number of nitrogens with zero attached hydrogens (tertiary/aromatic N) is 8. The van der Waals surface area contributed by atoms with Crippen molar-refractivity contribution in [2.24, 2.45) is 10.8 Å². The van der Waals surface area contributed by atoms with E-state index in [-0.39, 0.29) is 23.3 Å². The summed E-state index contributed by atoms with van der Waals surface area (Å²) in [5.74, 6) is -0.172. The third-order valence-corrected chi connectivity index (χ3v) is 14.5. The number of hydrogen-bond donors (Lipinski definition) is 1. The molecule has 5 saturated heterocycles. The van der Waals surface area contributed by atoms with Gasteiger partial charge in [0.15, 0.2) is 0 Å². The monoisotopic (exact) mass is 789 g/mol. The van der Waals surface area contributed by atoms with Crippen LogP contribution < -0.4 is 24.9 Å². The average Bonchev–Trinajstić information content (AvgIpc) is 3.55. The maximum atomic E-state index is 13.6. The largest absolute Gasteiger partial charge is 0.370 e. The minimum atomic E-state index is -0.352. The number of urea groups is 1. The Morgan fingerprint density at radius 1 is 0.789 bits per heavy atom. The molecule has 1 saturated carbocycles. The molecule has 1 aliphatic carbocycles. The number of carbonyl (C=O) groups is 3. The highest BCUT2D eigenvalue weighted by Gasteiger charge is 2.49. The van der Waals surface area contributed by atoms with Crippen molar-refractivity contribution in [1.29, 1.82) is 5.26 Å². The lowest BCUT2D eigenvalue weighted by Gasteiger charge is -2.56. The number of amides is 4. The molecule has 6 fully saturated rings. The van der Waals surface area contributed by atoms with Crippen molar-refractivity contribution >= 4 is 52.2 Å². The minimum Gasteiger partial charge on any atom is -0.370 e. The van der Waals surface area contributed by atoms with E-state index in [2.05, 4.69) is 56.1 Å². The van der Waals surface area contributed by atoms with E-state index in [4.69, 9.17) is 16.6 Å². The molecule has 0 bridgehead atoms. The molecule has 3 aromatic rings. The fraction of sp³-hybridized carbons (Fsp3) is 0.523. The van der Waals surface area contributed by atoms with Crippen LogP contribution in [0.25, 0.3) is 0 Å². The molecule has 9 rings (SSSR count). The first-order valence-corrected chi connectivity index (χ1v) is 21.1. The molecule has 1 aromatic heterocycles. The van der Waals surface area contributed by atoms with Crippen molar-refractivity contribution in [2.45, 2.75) is 70.4 Å². The van der Waals surface area contributed by atoms with Crippen LogP contribution in [0.3, 0.4) is 0 Å².